The maximum atomic E-state index is 13.5. The molecule has 1 aromatic carbocycles. The van der Waals surface area contributed by atoms with Crippen LogP contribution < -0.4 is 0 Å². The number of aliphatic hydroxyl groups excluding tert-OH is 1. The van der Waals surface area contributed by atoms with Crippen LogP contribution in [-0.2, 0) is 14.3 Å². The minimum absolute atomic E-state index is 0.0154. The second-order valence-electron chi connectivity index (χ2n) is 9.56. The topological polar surface area (TPSA) is 62.2 Å². The number of piperidine rings is 2. The van der Waals surface area contributed by atoms with E-state index in [1.54, 1.807) is 0 Å². The van der Waals surface area contributed by atoms with E-state index in [4.69, 9.17) is 9.47 Å². The smallest absolute Gasteiger partial charge is 0.288 e. The number of carbonyl (C=O) groups excluding carboxylic acids is 1. The monoisotopic (exact) mass is 456 g/mol. The number of hydrogen-bond acceptors (Lipinski definition) is 5. The minimum Gasteiger partial charge on any atom is -0.459 e. The van der Waals surface area contributed by atoms with Crippen molar-refractivity contribution in [3.63, 3.8) is 0 Å². The van der Waals surface area contributed by atoms with Crippen LogP contribution >= 0.6 is 0 Å². The molecule has 6 nitrogen and oxygen atoms in total. The summed E-state index contributed by atoms with van der Waals surface area (Å²) in [6.07, 6.45) is 9.01. The maximum absolute atomic E-state index is 13.5. The van der Waals surface area contributed by atoms with Gasteiger partial charge < -0.3 is 24.4 Å². The van der Waals surface area contributed by atoms with Gasteiger partial charge in [0.15, 0.2) is 5.76 Å². The molecule has 2 saturated heterocycles. The number of aliphatic hydroxyl groups is 1. The summed E-state index contributed by atoms with van der Waals surface area (Å²) in [5.74, 6) is 0.478. The quantitative estimate of drug-likeness (QED) is 0.643. The van der Waals surface area contributed by atoms with E-state index in [0.29, 0.717) is 24.8 Å². The van der Waals surface area contributed by atoms with E-state index in [1.807, 2.05) is 36.1 Å². The molecule has 0 aromatic heterocycles. The van der Waals surface area contributed by atoms with E-state index >= 15 is 0 Å². The lowest BCUT2D eigenvalue weighted by Gasteiger charge is -2.41. The molecular weight excluding hydrogens is 416 g/mol. The Morgan fingerprint density at radius 1 is 1.09 bits per heavy atom. The van der Waals surface area contributed by atoms with Crippen molar-refractivity contribution < 1.29 is 19.4 Å². The van der Waals surface area contributed by atoms with Crippen molar-refractivity contribution in [3.8, 4) is 0 Å². The van der Waals surface area contributed by atoms with Gasteiger partial charge in [-0.3, -0.25) is 4.79 Å². The van der Waals surface area contributed by atoms with E-state index in [9.17, 15) is 9.90 Å². The highest BCUT2D eigenvalue weighted by atomic mass is 16.7. The van der Waals surface area contributed by atoms with Crippen LogP contribution in [-0.4, -0.2) is 72.5 Å². The molecule has 0 bridgehead atoms. The van der Waals surface area contributed by atoms with Gasteiger partial charge in [0.1, 0.15) is 0 Å². The first-order valence-corrected chi connectivity index (χ1v) is 12.9. The molecular formula is C27H40N2O4. The Labute approximate surface area is 198 Å². The Kier molecular flexibility index (Phi) is 8.82. The molecule has 3 atom stereocenters. The van der Waals surface area contributed by atoms with Gasteiger partial charge in [-0.05, 0) is 70.2 Å². The molecule has 182 valence electrons. The van der Waals surface area contributed by atoms with Crippen molar-refractivity contribution in [1.29, 1.82) is 0 Å². The number of ether oxygens (including phenoxy) is 2. The number of benzene rings is 1. The first-order chi connectivity index (χ1) is 16.2. The van der Waals surface area contributed by atoms with Gasteiger partial charge in [0, 0.05) is 44.2 Å². The lowest BCUT2D eigenvalue weighted by Crippen LogP contribution is -2.49. The van der Waals surface area contributed by atoms with E-state index in [0.717, 1.165) is 37.9 Å². The fourth-order valence-corrected chi connectivity index (χ4v) is 5.69. The molecule has 0 unspecified atom stereocenters. The van der Waals surface area contributed by atoms with E-state index in [1.165, 1.54) is 32.4 Å². The van der Waals surface area contributed by atoms with Crippen LogP contribution in [0.15, 0.2) is 42.2 Å². The summed E-state index contributed by atoms with van der Waals surface area (Å²) in [5, 5.41) is 9.43. The van der Waals surface area contributed by atoms with E-state index < -0.39 is 6.29 Å². The highest BCUT2D eigenvalue weighted by Crippen LogP contribution is 2.39. The van der Waals surface area contributed by atoms with Gasteiger partial charge in [-0.1, -0.05) is 36.8 Å². The van der Waals surface area contributed by atoms with Gasteiger partial charge in [0.2, 0.25) is 6.29 Å². The molecule has 33 heavy (non-hydrogen) atoms. The number of rotatable bonds is 8. The second kappa shape index (κ2) is 12.0. The number of hydrogen-bond donors (Lipinski definition) is 1. The first kappa shape index (κ1) is 24.2. The van der Waals surface area contributed by atoms with Gasteiger partial charge in [-0.2, -0.15) is 0 Å². The molecule has 4 rings (SSSR count). The van der Waals surface area contributed by atoms with Crippen molar-refractivity contribution in [2.45, 2.75) is 70.1 Å². The normalized spacial score (nSPS) is 27.2. The number of carbonyl (C=O) groups is 1. The lowest BCUT2D eigenvalue weighted by molar-refractivity contribution is -0.171. The average molecular weight is 457 g/mol. The summed E-state index contributed by atoms with van der Waals surface area (Å²) in [6, 6.07) is 10.9. The largest absolute Gasteiger partial charge is 0.459 e. The Bertz CT molecular complexity index is 770. The molecule has 0 saturated carbocycles. The van der Waals surface area contributed by atoms with Crippen LogP contribution in [0.3, 0.4) is 0 Å². The summed E-state index contributed by atoms with van der Waals surface area (Å²) >= 11 is 0. The van der Waals surface area contributed by atoms with Crippen molar-refractivity contribution >= 4 is 5.91 Å². The number of allylic oxidation sites excluding steroid dienone is 1. The zero-order chi connectivity index (χ0) is 23.0. The zero-order valence-electron chi connectivity index (χ0n) is 20.0. The van der Waals surface area contributed by atoms with Crippen LogP contribution in [0.5, 0.6) is 0 Å². The van der Waals surface area contributed by atoms with Gasteiger partial charge >= 0.3 is 0 Å². The van der Waals surface area contributed by atoms with Gasteiger partial charge in [0.25, 0.3) is 5.91 Å². The molecule has 1 aromatic rings. The number of likely N-dealkylation sites (tertiary alicyclic amines) is 2. The van der Waals surface area contributed by atoms with Crippen molar-refractivity contribution in [1.82, 2.24) is 9.80 Å². The zero-order valence-corrected chi connectivity index (χ0v) is 20.0. The Morgan fingerprint density at radius 3 is 2.48 bits per heavy atom. The third kappa shape index (κ3) is 5.97. The first-order valence-electron chi connectivity index (χ1n) is 12.9. The molecule has 3 aliphatic heterocycles. The molecule has 0 spiro atoms. The minimum atomic E-state index is -0.485. The SMILES string of the molecule is CCO[C@H]1OC(C(=O)N2CCC(N3CCCCC3)CC2)=C[C@@H](c2ccccc2)[C@H]1CCCO. The van der Waals surface area contributed by atoms with Gasteiger partial charge in [-0.25, -0.2) is 0 Å². The average Bonchev–Trinajstić information content (AvgIpc) is 2.88. The van der Waals surface area contributed by atoms with Gasteiger partial charge in [0.05, 0.1) is 0 Å². The Morgan fingerprint density at radius 2 is 1.82 bits per heavy atom. The fourth-order valence-electron chi connectivity index (χ4n) is 5.69. The fraction of sp³-hybridized carbons (Fsp3) is 0.667. The lowest BCUT2D eigenvalue weighted by atomic mass is 9.80. The molecule has 1 amide bonds. The molecule has 0 aliphatic carbocycles. The van der Waals surface area contributed by atoms with Crippen LogP contribution in [0.4, 0.5) is 0 Å². The van der Waals surface area contributed by atoms with Crippen LogP contribution in [0, 0.1) is 5.92 Å². The Balaban J connectivity index is 1.49. The summed E-state index contributed by atoms with van der Waals surface area (Å²) in [6.45, 7) is 6.58. The van der Waals surface area contributed by atoms with Crippen molar-refractivity contribution in [3.05, 3.63) is 47.7 Å². The van der Waals surface area contributed by atoms with E-state index in [2.05, 4.69) is 17.0 Å². The van der Waals surface area contributed by atoms with Crippen LogP contribution in [0.25, 0.3) is 0 Å². The molecule has 3 aliphatic rings. The second-order valence-corrected chi connectivity index (χ2v) is 9.56. The van der Waals surface area contributed by atoms with Crippen LogP contribution in [0.1, 0.15) is 63.4 Å². The molecule has 0 radical (unpaired) electrons. The molecule has 1 N–H and O–H groups in total. The molecule has 3 heterocycles. The predicted octanol–water partition coefficient (Wildman–Crippen LogP) is 3.91. The third-order valence-electron chi connectivity index (χ3n) is 7.47. The standard InChI is InChI=1S/C27H40N2O4/c1-2-32-27-23(12-9-19-30)24(21-10-5-3-6-11-21)20-25(33-27)26(31)29-17-13-22(14-18-29)28-15-7-4-8-16-28/h3,5-6,10-11,20,22-24,27,30H,2,4,7-9,12-19H2,1H3/t23-,24+,27+/m1/s1. The van der Waals surface area contributed by atoms with Gasteiger partial charge in [-0.15, -0.1) is 0 Å². The summed E-state index contributed by atoms with van der Waals surface area (Å²) < 4.78 is 12.2. The summed E-state index contributed by atoms with van der Waals surface area (Å²) in [5.41, 5.74) is 1.16. The molecule has 6 heteroatoms. The number of amides is 1. The highest BCUT2D eigenvalue weighted by Gasteiger charge is 2.39. The summed E-state index contributed by atoms with van der Waals surface area (Å²) in [7, 11) is 0. The predicted molar refractivity (Wildman–Crippen MR) is 129 cm³/mol. The molecule has 2 fully saturated rings. The summed E-state index contributed by atoms with van der Waals surface area (Å²) in [4.78, 5) is 18.1. The van der Waals surface area contributed by atoms with Crippen LogP contribution in [0.2, 0.25) is 0 Å². The highest BCUT2D eigenvalue weighted by molar-refractivity contribution is 5.92. The van der Waals surface area contributed by atoms with E-state index in [-0.39, 0.29) is 24.3 Å². The third-order valence-corrected chi connectivity index (χ3v) is 7.47. The maximum Gasteiger partial charge on any atom is 0.288 e. The van der Waals surface area contributed by atoms with Crippen molar-refractivity contribution in [2.75, 3.05) is 39.4 Å². The van der Waals surface area contributed by atoms with Crippen molar-refractivity contribution in [2.24, 2.45) is 5.92 Å². The number of nitrogens with zero attached hydrogens (tertiary/aromatic N) is 2. The Hall–Kier alpha value is -1.89.